The lowest BCUT2D eigenvalue weighted by atomic mass is 10.1. The predicted octanol–water partition coefficient (Wildman–Crippen LogP) is 5.94. The van der Waals surface area contributed by atoms with Crippen LogP contribution in [0.1, 0.15) is 33.5 Å². The SMILES string of the molecule is NC(=O)c1c(F)ccc(OC(COC(=O)NCc2cccnc2)c2nc(-c3ccc(C(F)(F)F)cc3)c(Br)o2)c1F. The van der Waals surface area contributed by atoms with E-state index in [1.807, 2.05) is 0 Å². The second-order valence-electron chi connectivity index (χ2n) is 8.27. The van der Waals surface area contributed by atoms with Crippen molar-refractivity contribution in [1.82, 2.24) is 15.3 Å². The number of amides is 2. The number of alkyl carbamates (subject to hydrolysis) is 1. The number of ether oxygens (including phenoxy) is 2. The molecule has 0 saturated heterocycles. The lowest BCUT2D eigenvalue weighted by Crippen LogP contribution is -2.27. The van der Waals surface area contributed by atoms with Crippen LogP contribution in [-0.2, 0) is 17.5 Å². The molecule has 0 bridgehead atoms. The number of nitrogens with two attached hydrogens (primary N) is 1. The molecule has 0 spiro atoms. The van der Waals surface area contributed by atoms with Crippen LogP contribution in [0, 0.1) is 11.6 Å². The molecule has 0 aliphatic rings. The summed E-state index contributed by atoms with van der Waals surface area (Å²) in [4.78, 5) is 32.0. The summed E-state index contributed by atoms with van der Waals surface area (Å²) in [5.41, 5.74) is 4.07. The second kappa shape index (κ2) is 12.3. The normalized spacial score (nSPS) is 12.0. The predicted molar refractivity (Wildman–Crippen MR) is 135 cm³/mol. The molecule has 2 amide bonds. The average Bonchev–Trinajstić information content (AvgIpc) is 3.32. The largest absolute Gasteiger partial charge is 0.474 e. The number of rotatable bonds is 9. The number of halogens is 6. The molecular formula is C26H18BrF5N4O5. The number of carbonyl (C=O) groups is 2. The summed E-state index contributed by atoms with van der Waals surface area (Å²) < 4.78 is 84.0. The minimum atomic E-state index is -4.55. The molecule has 214 valence electrons. The minimum absolute atomic E-state index is 0.0284. The Morgan fingerprint density at radius 3 is 2.46 bits per heavy atom. The first-order chi connectivity index (χ1) is 19.4. The van der Waals surface area contributed by atoms with Gasteiger partial charge in [0.15, 0.2) is 16.2 Å². The summed E-state index contributed by atoms with van der Waals surface area (Å²) in [6, 6.07) is 9.01. The van der Waals surface area contributed by atoms with Gasteiger partial charge >= 0.3 is 12.3 Å². The van der Waals surface area contributed by atoms with E-state index in [9.17, 15) is 31.5 Å². The molecule has 1 unspecified atom stereocenters. The summed E-state index contributed by atoms with van der Waals surface area (Å²) in [6.07, 6.45) is -3.86. The molecule has 2 heterocycles. The number of alkyl halides is 3. The summed E-state index contributed by atoms with van der Waals surface area (Å²) in [6.45, 7) is -0.559. The molecule has 4 aromatic rings. The maximum Gasteiger partial charge on any atom is 0.416 e. The van der Waals surface area contributed by atoms with Crippen molar-refractivity contribution in [2.24, 2.45) is 5.73 Å². The number of nitrogens with zero attached hydrogens (tertiary/aromatic N) is 2. The standard InChI is InChI=1S/C26H18BrF5N4O5/c27-22-21(14-3-5-15(6-4-14)26(30,31)32)36-24(41-22)18(12-39-25(38)35-11-13-2-1-9-34-10-13)40-17-8-7-16(28)19(20(17)29)23(33)37/h1-10,18H,11-12H2,(H2,33,37)(H,35,38). The third-order valence-electron chi connectivity index (χ3n) is 5.46. The lowest BCUT2D eigenvalue weighted by molar-refractivity contribution is -0.137. The highest BCUT2D eigenvalue weighted by molar-refractivity contribution is 9.10. The number of hydrogen-bond donors (Lipinski definition) is 2. The topological polar surface area (TPSA) is 130 Å². The first kappa shape index (κ1) is 29.5. The Labute approximate surface area is 236 Å². The van der Waals surface area contributed by atoms with Crippen LogP contribution in [0.4, 0.5) is 26.7 Å². The number of carbonyl (C=O) groups excluding carboxylic acids is 2. The van der Waals surface area contributed by atoms with E-state index in [1.165, 1.54) is 6.20 Å². The van der Waals surface area contributed by atoms with E-state index in [0.717, 1.165) is 36.4 Å². The number of pyridine rings is 1. The van der Waals surface area contributed by atoms with Crippen LogP contribution in [-0.4, -0.2) is 28.6 Å². The maximum absolute atomic E-state index is 14.9. The van der Waals surface area contributed by atoms with Crippen LogP contribution < -0.4 is 15.8 Å². The van der Waals surface area contributed by atoms with E-state index in [0.29, 0.717) is 5.56 Å². The van der Waals surface area contributed by atoms with Crippen LogP contribution in [0.15, 0.2) is 70.0 Å². The van der Waals surface area contributed by atoms with Gasteiger partial charge in [-0.3, -0.25) is 9.78 Å². The third-order valence-corrected chi connectivity index (χ3v) is 6.00. The first-order valence-corrected chi connectivity index (χ1v) is 12.3. The quantitative estimate of drug-likeness (QED) is 0.217. The third kappa shape index (κ3) is 7.16. The van der Waals surface area contributed by atoms with Gasteiger partial charge in [-0.1, -0.05) is 18.2 Å². The number of nitrogens with one attached hydrogen (secondary N) is 1. The fraction of sp³-hybridized carbons (Fsp3) is 0.154. The molecule has 1 atom stereocenters. The first-order valence-electron chi connectivity index (χ1n) is 11.5. The fourth-order valence-electron chi connectivity index (χ4n) is 3.49. The van der Waals surface area contributed by atoms with E-state index in [4.69, 9.17) is 19.6 Å². The highest BCUT2D eigenvalue weighted by atomic mass is 79.9. The Morgan fingerprint density at radius 1 is 1.10 bits per heavy atom. The minimum Gasteiger partial charge on any atom is -0.474 e. The Morgan fingerprint density at radius 2 is 1.83 bits per heavy atom. The summed E-state index contributed by atoms with van der Waals surface area (Å²) in [7, 11) is 0. The van der Waals surface area contributed by atoms with E-state index < -0.39 is 59.4 Å². The van der Waals surface area contributed by atoms with Crippen molar-refractivity contribution in [3.05, 3.63) is 99.8 Å². The molecule has 0 aliphatic carbocycles. The van der Waals surface area contributed by atoms with Gasteiger partial charge in [-0.15, -0.1) is 0 Å². The average molecular weight is 641 g/mol. The number of primary amides is 1. The molecule has 2 aromatic carbocycles. The van der Waals surface area contributed by atoms with Crippen LogP contribution in [0.3, 0.4) is 0 Å². The van der Waals surface area contributed by atoms with Crippen molar-refractivity contribution in [2.75, 3.05) is 6.61 Å². The van der Waals surface area contributed by atoms with Crippen molar-refractivity contribution in [1.29, 1.82) is 0 Å². The van der Waals surface area contributed by atoms with Crippen molar-refractivity contribution >= 4 is 27.9 Å². The van der Waals surface area contributed by atoms with Gasteiger partial charge in [0.25, 0.3) is 5.91 Å². The lowest BCUT2D eigenvalue weighted by Gasteiger charge is -2.18. The molecular weight excluding hydrogens is 623 g/mol. The van der Waals surface area contributed by atoms with Gasteiger partial charge in [-0.25, -0.2) is 18.6 Å². The van der Waals surface area contributed by atoms with E-state index >= 15 is 0 Å². The van der Waals surface area contributed by atoms with Crippen LogP contribution in [0.25, 0.3) is 11.3 Å². The van der Waals surface area contributed by atoms with Gasteiger partial charge in [0, 0.05) is 24.5 Å². The Kier molecular flexibility index (Phi) is 8.86. The molecule has 41 heavy (non-hydrogen) atoms. The van der Waals surface area contributed by atoms with Crippen LogP contribution in [0.5, 0.6) is 5.75 Å². The molecule has 9 nitrogen and oxygen atoms in total. The molecule has 0 fully saturated rings. The van der Waals surface area contributed by atoms with Gasteiger partial charge in [0.05, 0.1) is 5.56 Å². The Balaban J connectivity index is 1.60. The molecule has 0 saturated carbocycles. The maximum atomic E-state index is 14.9. The number of oxazole rings is 1. The Hall–Kier alpha value is -4.53. The zero-order valence-corrected chi connectivity index (χ0v) is 22.1. The number of benzene rings is 2. The van der Waals surface area contributed by atoms with Crippen molar-refractivity contribution in [2.45, 2.75) is 18.8 Å². The fourth-order valence-corrected chi connectivity index (χ4v) is 3.97. The van der Waals surface area contributed by atoms with E-state index in [2.05, 4.69) is 31.2 Å². The smallest absolute Gasteiger partial charge is 0.416 e. The van der Waals surface area contributed by atoms with Crippen molar-refractivity contribution in [3.63, 3.8) is 0 Å². The monoisotopic (exact) mass is 640 g/mol. The summed E-state index contributed by atoms with van der Waals surface area (Å²) in [5, 5.41) is 2.48. The van der Waals surface area contributed by atoms with E-state index in [-0.39, 0.29) is 28.4 Å². The Bertz CT molecular complexity index is 1550. The zero-order valence-electron chi connectivity index (χ0n) is 20.5. The molecule has 0 aliphatic heterocycles. The van der Waals surface area contributed by atoms with Crippen LogP contribution in [0.2, 0.25) is 0 Å². The zero-order chi connectivity index (χ0) is 29.7. The van der Waals surface area contributed by atoms with Gasteiger partial charge in [0.1, 0.15) is 23.7 Å². The number of aromatic nitrogens is 2. The molecule has 15 heteroatoms. The van der Waals surface area contributed by atoms with Crippen molar-refractivity contribution < 1.29 is 45.4 Å². The van der Waals surface area contributed by atoms with Crippen molar-refractivity contribution in [3.8, 4) is 17.0 Å². The highest BCUT2D eigenvalue weighted by Gasteiger charge is 2.31. The van der Waals surface area contributed by atoms with Gasteiger partial charge in [0.2, 0.25) is 12.0 Å². The highest BCUT2D eigenvalue weighted by Crippen LogP contribution is 2.36. The van der Waals surface area contributed by atoms with Gasteiger partial charge in [-0.2, -0.15) is 13.2 Å². The van der Waals surface area contributed by atoms with Crippen LogP contribution >= 0.6 is 15.9 Å². The summed E-state index contributed by atoms with van der Waals surface area (Å²) >= 11 is 3.13. The van der Waals surface area contributed by atoms with E-state index in [1.54, 1.807) is 18.3 Å². The van der Waals surface area contributed by atoms with Gasteiger partial charge < -0.3 is 24.9 Å². The molecule has 2 aromatic heterocycles. The molecule has 4 rings (SSSR count). The molecule has 0 radical (unpaired) electrons. The number of hydrogen-bond acceptors (Lipinski definition) is 7. The molecule has 3 N–H and O–H groups in total. The second-order valence-corrected chi connectivity index (χ2v) is 8.99. The summed E-state index contributed by atoms with van der Waals surface area (Å²) in [5.74, 6) is -4.98. The van der Waals surface area contributed by atoms with Gasteiger partial charge in [-0.05, 0) is 51.8 Å².